The fourth-order valence-corrected chi connectivity index (χ4v) is 6.63. The van der Waals surface area contributed by atoms with E-state index in [0.717, 1.165) is 44.2 Å². The zero-order valence-corrected chi connectivity index (χ0v) is 25.2. The lowest BCUT2D eigenvalue weighted by molar-refractivity contribution is 0.669. The Bertz CT molecular complexity index is 2620. The number of furan rings is 1. The van der Waals surface area contributed by atoms with Gasteiger partial charge in [-0.25, -0.2) is 4.98 Å². The van der Waals surface area contributed by atoms with E-state index in [1.807, 2.05) is 54.6 Å². The van der Waals surface area contributed by atoms with Crippen molar-refractivity contribution < 1.29 is 4.42 Å². The minimum absolute atomic E-state index is 0.141. The van der Waals surface area contributed by atoms with Crippen LogP contribution in [0, 0.1) is 0 Å². The Hall–Kier alpha value is -5.84. The van der Waals surface area contributed by atoms with E-state index in [0.29, 0.717) is 11.6 Å². The Morgan fingerprint density at radius 3 is 2.00 bits per heavy atom. The van der Waals surface area contributed by atoms with E-state index in [1.54, 1.807) is 0 Å². The average molecular weight is 610 g/mol. The third-order valence-electron chi connectivity index (χ3n) is 8.65. The second-order valence-corrected chi connectivity index (χ2v) is 11.8. The van der Waals surface area contributed by atoms with Crippen molar-refractivity contribution in [1.82, 2.24) is 15.0 Å². The Labute approximate surface area is 269 Å². The molecule has 0 spiro atoms. The number of halogens is 1. The van der Waals surface area contributed by atoms with Crippen LogP contribution in [0.15, 0.2) is 150 Å². The number of para-hydroxylation sites is 1. The van der Waals surface area contributed by atoms with Gasteiger partial charge in [0.15, 0.2) is 11.6 Å². The zero-order valence-electron chi connectivity index (χ0n) is 24.5. The Morgan fingerprint density at radius 2 is 1.07 bits per heavy atom. The molecule has 0 fully saturated rings. The third-order valence-corrected chi connectivity index (χ3v) is 8.82. The summed E-state index contributed by atoms with van der Waals surface area (Å²) < 4.78 is 6.10. The number of nitrogens with zero attached hydrogens (tertiary/aromatic N) is 3. The number of benzene rings is 7. The smallest absolute Gasteiger partial charge is 0.226 e. The van der Waals surface area contributed by atoms with Crippen LogP contribution < -0.4 is 0 Å². The first kappa shape index (κ1) is 26.6. The second-order valence-electron chi connectivity index (χ2n) is 11.4. The van der Waals surface area contributed by atoms with Crippen molar-refractivity contribution in [2.24, 2.45) is 0 Å². The van der Waals surface area contributed by atoms with Crippen LogP contribution in [-0.4, -0.2) is 15.0 Å². The molecule has 2 heterocycles. The molecule has 46 heavy (non-hydrogen) atoms. The number of rotatable bonds is 4. The van der Waals surface area contributed by atoms with Crippen LogP contribution in [0.4, 0.5) is 0 Å². The SMILES string of the molecule is Clc1nc(-c2cccc(-c3ccc4ccc(-c5cccc6ccccc56)cc4c3)c2)nc(-c2cccc3oc4ccccc4c23)n1. The summed E-state index contributed by atoms with van der Waals surface area (Å²) in [6.45, 7) is 0. The minimum Gasteiger partial charge on any atom is -0.456 e. The van der Waals surface area contributed by atoms with Crippen molar-refractivity contribution in [2.45, 2.75) is 0 Å². The maximum Gasteiger partial charge on any atom is 0.226 e. The monoisotopic (exact) mass is 609 g/mol. The molecule has 2 aromatic heterocycles. The highest BCUT2D eigenvalue weighted by atomic mass is 35.5. The van der Waals surface area contributed by atoms with Gasteiger partial charge >= 0.3 is 0 Å². The first-order valence-corrected chi connectivity index (χ1v) is 15.5. The van der Waals surface area contributed by atoms with Crippen molar-refractivity contribution in [1.29, 1.82) is 0 Å². The average Bonchev–Trinajstić information content (AvgIpc) is 3.50. The number of fused-ring (bicyclic) bond motifs is 5. The molecule has 9 aromatic rings. The standard InChI is InChI=1S/C41H24ClN3O/c42-41-44-39(43-40(45-41)35-15-7-17-37-38(35)34-13-3-4-16-36(34)46-37)30-11-5-10-27(22-30)28-20-18-25-19-21-29(24-31(25)23-28)33-14-6-9-26-8-1-2-12-32(26)33/h1-24H. The molecule has 5 heteroatoms. The van der Waals surface area contributed by atoms with E-state index in [9.17, 15) is 0 Å². The number of hydrogen-bond donors (Lipinski definition) is 0. The molecule has 0 saturated carbocycles. The Balaban J connectivity index is 1.12. The van der Waals surface area contributed by atoms with Crippen LogP contribution in [0.1, 0.15) is 0 Å². The van der Waals surface area contributed by atoms with Gasteiger partial charge in [-0.3, -0.25) is 0 Å². The molecule has 7 aromatic carbocycles. The van der Waals surface area contributed by atoms with Gasteiger partial charge in [0.1, 0.15) is 11.2 Å². The summed E-state index contributed by atoms with van der Waals surface area (Å²) in [5.74, 6) is 1.02. The minimum atomic E-state index is 0.141. The van der Waals surface area contributed by atoms with Gasteiger partial charge in [0, 0.05) is 21.9 Å². The summed E-state index contributed by atoms with van der Waals surface area (Å²) in [6, 6.07) is 50.4. The second kappa shape index (κ2) is 10.7. The van der Waals surface area contributed by atoms with E-state index in [-0.39, 0.29) is 5.28 Å². The van der Waals surface area contributed by atoms with E-state index in [1.165, 1.54) is 32.7 Å². The predicted octanol–water partition coefficient (Wildman–Crippen LogP) is 11.4. The van der Waals surface area contributed by atoms with Crippen molar-refractivity contribution in [3.8, 4) is 45.0 Å². The molecule has 0 bridgehead atoms. The molecule has 0 unspecified atom stereocenters. The summed E-state index contributed by atoms with van der Waals surface area (Å²) in [7, 11) is 0. The van der Waals surface area contributed by atoms with Gasteiger partial charge in [0.25, 0.3) is 0 Å². The first-order chi connectivity index (χ1) is 22.7. The van der Waals surface area contributed by atoms with Crippen LogP contribution in [-0.2, 0) is 0 Å². The van der Waals surface area contributed by atoms with Gasteiger partial charge in [-0.15, -0.1) is 0 Å². The molecule has 216 valence electrons. The summed E-state index contributed by atoms with van der Waals surface area (Å²) in [6.07, 6.45) is 0. The lowest BCUT2D eigenvalue weighted by Gasteiger charge is -2.10. The maximum absolute atomic E-state index is 6.53. The normalized spacial score (nSPS) is 11.6. The molecule has 0 aliphatic carbocycles. The van der Waals surface area contributed by atoms with E-state index >= 15 is 0 Å². The van der Waals surface area contributed by atoms with E-state index in [4.69, 9.17) is 21.0 Å². The topological polar surface area (TPSA) is 51.8 Å². The maximum atomic E-state index is 6.53. The van der Waals surface area contributed by atoms with Crippen LogP contribution >= 0.6 is 11.6 Å². The molecule has 0 aliphatic rings. The summed E-state index contributed by atoms with van der Waals surface area (Å²) in [5, 5.41) is 6.97. The highest BCUT2D eigenvalue weighted by Crippen LogP contribution is 2.37. The molecule has 0 radical (unpaired) electrons. The quantitative estimate of drug-likeness (QED) is 0.199. The fourth-order valence-electron chi connectivity index (χ4n) is 6.47. The lowest BCUT2D eigenvalue weighted by atomic mass is 9.94. The summed E-state index contributed by atoms with van der Waals surface area (Å²) >= 11 is 6.53. The zero-order chi connectivity index (χ0) is 30.6. The largest absolute Gasteiger partial charge is 0.456 e. The predicted molar refractivity (Wildman–Crippen MR) is 189 cm³/mol. The molecule has 4 nitrogen and oxygen atoms in total. The highest BCUT2D eigenvalue weighted by molar-refractivity contribution is 6.28. The van der Waals surface area contributed by atoms with Gasteiger partial charge in [0.05, 0.1) is 0 Å². The number of hydrogen-bond acceptors (Lipinski definition) is 4. The third kappa shape index (κ3) is 4.50. The molecule has 9 rings (SSSR count). The van der Waals surface area contributed by atoms with Crippen molar-refractivity contribution in [3.05, 3.63) is 151 Å². The molecule has 0 atom stereocenters. The van der Waals surface area contributed by atoms with Crippen LogP contribution in [0.3, 0.4) is 0 Å². The van der Waals surface area contributed by atoms with Crippen LogP contribution in [0.25, 0.3) is 88.5 Å². The molecule has 0 amide bonds. The van der Waals surface area contributed by atoms with Crippen molar-refractivity contribution >= 4 is 55.1 Å². The molecular formula is C41H24ClN3O. The Morgan fingerprint density at radius 1 is 0.413 bits per heavy atom. The fraction of sp³-hybridized carbons (Fsp3) is 0. The molecule has 0 N–H and O–H groups in total. The van der Waals surface area contributed by atoms with Gasteiger partial charge in [-0.05, 0) is 85.7 Å². The van der Waals surface area contributed by atoms with Gasteiger partial charge in [-0.2, -0.15) is 9.97 Å². The van der Waals surface area contributed by atoms with E-state index < -0.39 is 0 Å². The van der Waals surface area contributed by atoms with Crippen LogP contribution in [0.5, 0.6) is 0 Å². The van der Waals surface area contributed by atoms with Gasteiger partial charge in [0.2, 0.25) is 5.28 Å². The molecular weight excluding hydrogens is 586 g/mol. The van der Waals surface area contributed by atoms with E-state index in [2.05, 4.69) is 101 Å². The Kier molecular flexibility index (Phi) is 6.15. The van der Waals surface area contributed by atoms with Crippen molar-refractivity contribution in [2.75, 3.05) is 0 Å². The first-order valence-electron chi connectivity index (χ1n) is 15.1. The van der Waals surface area contributed by atoms with Crippen molar-refractivity contribution in [3.63, 3.8) is 0 Å². The summed E-state index contributed by atoms with van der Waals surface area (Å²) in [4.78, 5) is 14.0. The molecule has 0 saturated heterocycles. The van der Waals surface area contributed by atoms with Crippen LogP contribution in [0.2, 0.25) is 5.28 Å². The summed E-state index contributed by atoms with van der Waals surface area (Å²) in [5.41, 5.74) is 7.90. The number of aromatic nitrogens is 3. The molecule has 0 aliphatic heterocycles. The van der Waals surface area contributed by atoms with Gasteiger partial charge in [-0.1, -0.05) is 115 Å². The lowest BCUT2D eigenvalue weighted by Crippen LogP contribution is -1.97. The highest BCUT2D eigenvalue weighted by Gasteiger charge is 2.17. The van der Waals surface area contributed by atoms with Gasteiger partial charge < -0.3 is 4.42 Å².